The number of carbonyl (C=O) groups is 1. The highest BCUT2D eigenvalue weighted by Crippen LogP contribution is 2.26. The van der Waals surface area contributed by atoms with E-state index in [1.165, 1.54) is 23.5 Å². The van der Waals surface area contributed by atoms with Crippen LogP contribution in [0.1, 0.15) is 11.1 Å². The van der Waals surface area contributed by atoms with Crippen molar-refractivity contribution in [3.05, 3.63) is 94.0 Å². The van der Waals surface area contributed by atoms with Gasteiger partial charge >= 0.3 is 0 Å². The summed E-state index contributed by atoms with van der Waals surface area (Å²) in [6, 6.07) is 23.4. The molecule has 1 heterocycles. The number of carbonyl (C=O) groups excluding carboxylic acids is 1. The highest BCUT2D eigenvalue weighted by atomic mass is 35.5. The molecule has 0 unspecified atom stereocenters. The molecule has 0 fully saturated rings. The summed E-state index contributed by atoms with van der Waals surface area (Å²) >= 11 is 13.5. The maximum atomic E-state index is 12.3. The molecule has 0 aliphatic heterocycles. The molecule has 4 aromatic rings. The SMILES string of the molecule is O=C(CSc1nc2ccccc2n1Cc1ccccc1)NN=Cc1cccc(Cl)c1Cl. The monoisotopic (exact) mass is 468 g/mol. The maximum absolute atomic E-state index is 12.3. The zero-order valence-corrected chi connectivity index (χ0v) is 18.7. The van der Waals surface area contributed by atoms with Gasteiger partial charge in [-0.2, -0.15) is 5.10 Å². The predicted octanol–water partition coefficient (Wildman–Crippen LogP) is 5.63. The summed E-state index contributed by atoms with van der Waals surface area (Å²) in [6.45, 7) is 0.677. The Morgan fingerprint density at radius 3 is 2.65 bits per heavy atom. The Balaban J connectivity index is 1.45. The summed E-state index contributed by atoms with van der Waals surface area (Å²) in [6.07, 6.45) is 1.47. The molecule has 0 bridgehead atoms. The number of imidazole rings is 1. The van der Waals surface area contributed by atoms with Crippen LogP contribution in [0.25, 0.3) is 11.0 Å². The number of benzene rings is 3. The van der Waals surface area contributed by atoms with Gasteiger partial charge in [0.05, 0.1) is 39.6 Å². The lowest BCUT2D eigenvalue weighted by Gasteiger charge is -2.09. The molecule has 0 aliphatic carbocycles. The van der Waals surface area contributed by atoms with E-state index in [-0.39, 0.29) is 11.7 Å². The number of fused-ring (bicyclic) bond motifs is 1. The predicted molar refractivity (Wildman–Crippen MR) is 128 cm³/mol. The molecule has 1 N–H and O–H groups in total. The fraction of sp³-hybridized carbons (Fsp3) is 0.0870. The van der Waals surface area contributed by atoms with Crippen LogP contribution in [0.15, 0.2) is 83.1 Å². The minimum absolute atomic E-state index is 0.179. The highest BCUT2D eigenvalue weighted by Gasteiger charge is 2.13. The highest BCUT2D eigenvalue weighted by molar-refractivity contribution is 7.99. The molecular weight excluding hydrogens is 451 g/mol. The number of para-hydroxylation sites is 2. The molecule has 0 aliphatic rings. The second kappa shape index (κ2) is 10.0. The summed E-state index contributed by atoms with van der Waals surface area (Å²) in [7, 11) is 0. The third-order valence-electron chi connectivity index (χ3n) is 4.51. The van der Waals surface area contributed by atoms with E-state index in [1.807, 2.05) is 42.5 Å². The fourth-order valence-corrected chi connectivity index (χ4v) is 4.20. The first-order chi connectivity index (χ1) is 15.1. The first kappa shape index (κ1) is 21.4. The molecule has 1 aromatic heterocycles. The van der Waals surface area contributed by atoms with E-state index in [0.29, 0.717) is 22.2 Å². The quantitative estimate of drug-likeness (QED) is 0.217. The van der Waals surface area contributed by atoms with E-state index in [1.54, 1.807) is 18.2 Å². The van der Waals surface area contributed by atoms with Crippen LogP contribution in [-0.4, -0.2) is 27.4 Å². The van der Waals surface area contributed by atoms with E-state index >= 15 is 0 Å². The van der Waals surface area contributed by atoms with E-state index in [0.717, 1.165) is 16.2 Å². The second-order valence-corrected chi connectivity index (χ2v) is 8.41. The number of amides is 1. The minimum Gasteiger partial charge on any atom is -0.314 e. The van der Waals surface area contributed by atoms with Gasteiger partial charge in [0.1, 0.15) is 0 Å². The molecule has 31 heavy (non-hydrogen) atoms. The van der Waals surface area contributed by atoms with Crippen molar-refractivity contribution in [1.82, 2.24) is 15.0 Å². The smallest absolute Gasteiger partial charge is 0.250 e. The standard InChI is InChI=1S/C23H18Cl2N4OS/c24-18-10-6-9-17(22(18)25)13-26-28-21(30)15-31-23-27-19-11-4-5-12-20(19)29(23)14-16-7-2-1-3-8-16/h1-13H,14-15H2,(H,28,30). The number of hydrazone groups is 1. The average molecular weight is 469 g/mol. The third kappa shape index (κ3) is 5.28. The van der Waals surface area contributed by atoms with Gasteiger partial charge in [-0.15, -0.1) is 0 Å². The van der Waals surface area contributed by atoms with E-state index in [4.69, 9.17) is 28.2 Å². The summed E-state index contributed by atoms with van der Waals surface area (Å²) in [5.74, 6) is -0.0589. The lowest BCUT2D eigenvalue weighted by molar-refractivity contribution is -0.118. The molecule has 8 heteroatoms. The fourth-order valence-electron chi connectivity index (χ4n) is 3.04. The lowest BCUT2D eigenvalue weighted by Crippen LogP contribution is -2.20. The number of halogens is 2. The van der Waals surface area contributed by atoms with Crippen molar-refractivity contribution < 1.29 is 4.79 Å². The van der Waals surface area contributed by atoms with Crippen LogP contribution < -0.4 is 5.43 Å². The topological polar surface area (TPSA) is 59.3 Å². The van der Waals surface area contributed by atoms with Crippen molar-refractivity contribution in [3.8, 4) is 0 Å². The normalized spacial score (nSPS) is 11.3. The Morgan fingerprint density at radius 2 is 1.81 bits per heavy atom. The van der Waals surface area contributed by atoms with Gasteiger partial charge in [0.2, 0.25) is 0 Å². The van der Waals surface area contributed by atoms with Gasteiger partial charge in [0, 0.05) is 5.56 Å². The van der Waals surface area contributed by atoms with E-state index < -0.39 is 0 Å². The van der Waals surface area contributed by atoms with E-state index in [9.17, 15) is 4.79 Å². The number of rotatable bonds is 7. The number of hydrogen-bond acceptors (Lipinski definition) is 4. The molecule has 0 radical (unpaired) electrons. The van der Waals surface area contributed by atoms with E-state index in [2.05, 4.69) is 27.2 Å². The Bertz CT molecular complexity index is 1240. The number of nitrogens with zero attached hydrogens (tertiary/aromatic N) is 3. The van der Waals surface area contributed by atoms with Crippen LogP contribution in [0.3, 0.4) is 0 Å². The molecule has 156 valence electrons. The van der Waals surface area contributed by atoms with Gasteiger partial charge in [-0.1, -0.05) is 89.6 Å². The molecule has 0 spiro atoms. The van der Waals surface area contributed by atoms with Crippen molar-refractivity contribution in [2.75, 3.05) is 5.75 Å². The first-order valence-corrected chi connectivity index (χ1v) is 11.2. The zero-order chi connectivity index (χ0) is 21.6. The maximum Gasteiger partial charge on any atom is 0.250 e. The zero-order valence-electron chi connectivity index (χ0n) is 16.3. The Hall–Kier alpha value is -2.80. The average Bonchev–Trinajstić information content (AvgIpc) is 3.13. The molecule has 3 aromatic carbocycles. The molecule has 0 saturated heterocycles. The summed E-state index contributed by atoms with van der Waals surface area (Å²) in [4.78, 5) is 17.0. The van der Waals surface area contributed by atoms with Gasteiger partial charge < -0.3 is 4.57 Å². The number of aromatic nitrogens is 2. The lowest BCUT2D eigenvalue weighted by atomic mass is 10.2. The molecule has 5 nitrogen and oxygen atoms in total. The van der Waals surface area contributed by atoms with Crippen molar-refractivity contribution >= 4 is 58.1 Å². The molecule has 1 amide bonds. The second-order valence-electron chi connectivity index (χ2n) is 6.68. The molecule has 0 atom stereocenters. The van der Waals surface area contributed by atoms with Crippen LogP contribution in [0.4, 0.5) is 0 Å². The number of thioether (sulfide) groups is 1. The number of nitrogens with one attached hydrogen (secondary N) is 1. The van der Waals surface area contributed by atoms with Gasteiger partial charge in [-0.25, -0.2) is 10.4 Å². The van der Waals surface area contributed by atoms with Gasteiger partial charge in [-0.3, -0.25) is 4.79 Å². The summed E-state index contributed by atoms with van der Waals surface area (Å²) < 4.78 is 2.12. The van der Waals surface area contributed by atoms with Crippen LogP contribution in [0.5, 0.6) is 0 Å². The van der Waals surface area contributed by atoms with Crippen LogP contribution >= 0.6 is 35.0 Å². The Labute approximate surface area is 194 Å². The molecular formula is C23H18Cl2N4OS. The van der Waals surface area contributed by atoms with Crippen LogP contribution in [-0.2, 0) is 11.3 Å². The van der Waals surface area contributed by atoms with Gasteiger partial charge in [0.25, 0.3) is 5.91 Å². The first-order valence-electron chi connectivity index (χ1n) is 9.50. The minimum atomic E-state index is -0.238. The van der Waals surface area contributed by atoms with Crippen molar-refractivity contribution in [2.45, 2.75) is 11.7 Å². The van der Waals surface area contributed by atoms with Crippen molar-refractivity contribution in [3.63, 3.8) is 0 Å². The van der Waals surface area contributed by atoms with Crippen molar-refractivity contribution in [2.24, 2.45) is 5.10 Å². The summed E-state index contributed by atoms with van der Waals surface area (Å²) in [5.41, 5.74) is 6.25. The number of hydrogen-bond donors (Lipinski definition) is 1. The summed E-state index contributed by atoms with van der Waals surface area (Å²) in [5, 5.41) is 5.59. The Morgan fingerprint density at radius 1 is 1.03 bits per heavy atom. The third-order valence-corrected chi connectivity index (χ3v) is 6.32. The van der Waals surface area contributed by atoms with Crippen LogP contribution in [0.2, 0.25) is 10.0 Å². The van der Waals surface area contributed by atoms with Gasteiger partial charge in [-0.05, 0) is 23.8 Å². The van der Waals surface area contributed by atoms with Crippen LogP contribution in [0, 0.1) is 0 Å². The largest absolute Gasteiger partial charge is 0.314 e. The molecule has 4 rings (SSSR count). The van der Waals surface area contributed by atoms with Gasteiger partial charge in [0.15, 0.2) is 5.16 Å². The van der Waals surface area contributed by atoms with Crippen molar-refractivity contribution in [1.29, 1.82) is 0 Å². The molecule has 0 saturated carbocycles. The Kier molecular flexibility index (Phi) is 6.92.